The third kappa shape index (κ3) is 2.59. The fourth-order valence-corrected chi connectivity index (χ4v) is 0.943. The summed E-state index contributed by atoms with van der Waals surface area (Å²) < 4.78 is 0. The van der Waals surface area contributed by atoms with Gasteiger partial charge in [0.2, 0.25) is 0 Å². The summed E-state index contributed by atoms with van der Waals surface area (Å²) >= 11 is 0. The number of rotatable bonds is 3. The van der Waals surface area contributed by atoms with Crippen molar-refractivity contribution in [3.8, 4) is 0 Å². The lowest BCUT2D eigenvalue weighted by Gasteiger charge is -1.94. The number of hydrogen-bond donors (Lipinski definition) is 1. The number of aliphatic hydroxyl groups is 1. The first-order chi connectivity index (χ1) is 6.24. The highest BCUT2D eigenvalue weighted by molar-refractivity contribution is 5.33. The third-order valence-corrected chi connectivity index (χ3v) is 1.61. The Morgan fingerprint density at radius 1 is 1.38 bits per heavy atom. The van der Waals surface area contributed by atoms with Crippen molar-refractivity contribution in [2.45, 2.75) is 6.42 Å². The highest BCUT2D eigenvalue weighted by atomic mass is 16.6. The lowest BCUT2D eigenvalue weighted by Crippen LogP contribution is -1.88. The molecule has 1 N–H and O–H groups in total. The lowest BCUT2D eigenvalue weighted by atomic mass is 10.1. The van der Waals surface area contributed by atoms with E-state index in [9.17, 15) is 10.1 Å². The van der Waals surface area contributed by atoms with Crippen LogP contribution in [-0.4, -0.2) is 10.0 Å². The van der Waals surface area contributed by atoms with Crippen molar-refractivity contribution in [1.82, 2.24) is 0 Å². The second kappa shape index (κ2) is 4.25. The largest absolute Gasteiger partial charge is 0.516 e. The molecule has 68 valence electrons. The van der Waals surface area contributed by atoms with Crippen molar-refractivity contribution in [2.24, 2.45) is 0 Å². The Labute approximate surface area is 75.3 Å². The van der Waals surface area contributed by atoms with Crippen molar-refractivity contribution in [3.63, 3.8) is 0 Å². The molecule has 0 spiro atoms. The molecule has 0 bridgehead atoms. The first-order valence-electron chi connectivity index (χ1n) is 3.76. The van der Waals surface area contributed by atoms with Crippen LogP contribution in [0.1, 0.15) is 5.56 Å². The zero-order valence-corrected chi connectivity index (χ0v) is 6.88. The van der Waals surface area contributed by atoms with E-state index < -0.39 is 4.92 Å². The Balaban J connectivity index is 2.75. The zero-order chi connectivity index (χ0) is 9.68. The minimum atomic E-state index is -0.439. The lowest BCUT2D eigenvalue weighted by molar-refractivity contribution is -0.384. The van der Waals surface area contributed by atoms with E-state index in [0.717, 1.165) is 11.8 Å². The number of hydrogen-bond acceptors (Lipinski definition) is 3. The fraction of sp³-hybridized carbons (Fsp3) is 0.111. The quantitative estimate of drug-likeness (QED) is 0.439. The van der Waals surface area contributed by atoms with Crippen molar-refractivity contribution in [1.29, 1.82) is 0 Å². The van der Waals surface area contributed by atoms with Crippen LogP contribution >= 0.6 is 0 Å². The van der Waals surface area contributed by atoms with Gasteiger partial charge in [-0.15, -0.1) is 0 Å². The number of allylic oxidation sites excluding steroid dienone is 1. The molecule has 0 radical (unpaired) electrons. The summed E-state index contributed by atoms with van der Waals surface area (Å²) in [6, 6.07) is 6.22. The van der Waals surface area contributed by atoms with Crippen LogP contribution in [-0.2, 0) is 6.42 Å². The highest BCUT2D eigenvalue weighted by Gasteiger charge is 2.02. The van der Waals surface area contributed by atoms with E-state index in [1.807, 2.05) is 0 Å². The Morgan fingerprint density at radius 3 is 2.46 bits per heavy atom. The topological polar surface area (TPSA) is 63.4 Å². The Morgan fingerprint density at radius 2 is 2.00 bits per heavy atom. The minimum absolute atomic E-state index is 0.0803. The van der Waals surface area contributed by atoms with Gasteiger partial charge < -0.3 is 5.11 Å². The maximum absolute atomic E-state index is 10.3. The van der Waals surface area contributed by atoms with Gasteiger partial charge in [0.25, 0.3) is 5.69 Å². The average Bonchev–Trinajstić information content (AvgIpc) is 2.15. The van der Waals surface area contributed by atoms with Crippen molar-refractivity contribution < 1.29 is 10.0 Å². The normalized spacial score (nSPS) is 10.5. The molecular weight excluding hydrogens is 170 g/mol. The van der Waals surface area contributed by atoms with Crippen LogP contribution in [0.4, 0.5) is 5.69 Å². The molecule has 0 saturated heterocycles. The van der Waals surface area contributed by atoms with Gasteiger partial charge >= 0.3 is 0 Å². The monoisotopic (exact) mass is 179 g/mol. The van der Waals surface area contributed by atoms with E-state index in [2.05, 4.69) is 0 Å². The Kier molecular flexibility index (Phi) is 3.03. The van der Waals surface area contributed by atoms with Crippen LogP contribution in [0.15, 0.2) is 36.6 Å². The summed E-state index contributed by atoms with van der Waals surface area (Å²) in [5, 5.41) is 18.7. The molecule has 1 aromatic rings. The SMILES string of the molecule is O=[N+]([O-])c1ccc(C/C=C/O)cc1. The first kappa shape index (κ1) is 9.25. The van der Waals surface area contributed by atoms with Gasteiger partial charge in [-0.3, -0.25) is 10.1 Å². The number of nitrogens with zero attached hydrogens (tertiary/aromatic N) is 1. The molecular formula is C9H9NO3. The molecule has 4 nitrogen and oxygen atoms in total. The Bertz CT molecular complexity index is 316. The predicted octanol–water partition coefficient (Wildman–Crippen LogP) is 2.21. The maximum atomic E-state index is 10.3. The fourth-order valence-electron chi connectivity index (χ4n) is 0.943. The molecule has 0 saturated carbocycles. The summed E-state index contributed by atoms with van der Waals surface area (Å²) in [5.74, 6) is 0. The average molecular weight is 179 g/mol. The van der Waals surface area contributed by atoms with E-state index in [-0.39, 0.29) is 5.69 Å². The van der Waals surface area contributed by atoms with Crippen molar-refractivity contribution in [2.75, 3.05) is 0 Å². The van der Waals surface area contributed by atoms with Gasteiger partial charge in [0, 0.05) is 12.1 Å². The summed E-state index contributed by atoms with van der Waals surface area (Å²) in [4.78, 5) is 9.84. The molecule has 13 heavy (non-hydrogen) atoms. The minimum Gasteiger partial charge on any atom is -0.516 e. The number of benzene rings is 1. The molecule has 0 aliphatic carbocycles. The van der Waals surface area contributed by atoms with Crippen LogP contribution < -0.4 is 0 Å². The number of nitro benzene ring substituents is 1. The molecule has 0 fully saturated rings. The van der Waals surface area contributed by atoms with E-state index in [1.54, 1.807) is 18.2 Å². The molecule has 0 heterocycles. The van der Waals surface area contributed by atoms with Gasteiger partial charge in [0.1, 0.15) is 0 Å². The van der Waals surface area contributed by atoms with Gasteiger partial charge in [-0.25, -0.2) is 0 Å². The van der Waals surface area contributed by atoms with Gasteiger partial charge in [0.15, 0.2) is 0 Å². The summed E-state index contributed by atoms with van der Waals surface area (Å²) in [6.07, 6.45) is 3.11. The van der Waals surface area contributed by atoms with Crippen LogP contribution in [0.25, 0.3) is 0 Å². The van der Waals surface area contributed by atoms with Gasteiger partial charge in [-0.1, -0.05) is 12.1 Å². The molecule has 0 atom stereocenters. The summed E-state index contributed by atoms with van der Waals surface area (Å²) in [5.41, 5.74) is 1.01. The van der Waals surface area contributed by atoms with E-state index in [1.165, 1.54) is 12.1 Å². The van der Waals surface area contributed by atoms with Crippen LogP contribution in [0.2, 0.25) is 0 Å². The maximum Gasteiger partial charge on any atom is 0.269 e. The molecule has 0 aromatic heterocycles. The molecule has 0 aliphatic heterocycles. The van der Waals surface area contributed by atoms with Crippen molar-refractivity contribution in [3.05, 3.63) is 52.3 Å². The van der Waals surface area contributed by atoms with Crippen LogP contribution in [0, 0.1) is 10.1 Å². The second-order valence-corrected chi connectivity index (χ2v) is 2.51. The Hall–Kier alpha value is -1.84. The molecule has 1 aromatic carbocycles. The second-order valence-electron chi connectivity index (χ2n) is 2.51. The summed E-state index contributed by atoms with van der Waals surface area (Å²) in [7, 11) is 0. The van der Waals surface area contributed by atoms with Crippen LogP contribution in [0.3, 0.4) is 0 Å². The molecule has 0 aliphatic rings. The van der Waals surface area contributed by atoms with Gasteiger partial charge in [0.05, 0.1) is 11.2 Å². The summed E-state index contributed by atoms with van der Waals surface area (Å²) in [6.45, 7) is 0. The number of nitro groups is 1. The van der Waals surface area contributed by atoms with Gasteiger partial charge in [-0.05, 0) is 18.1 Å². The smallest absolute Gasteiger partial charge is 0.269 e. The molecule has 1 rings (SSSR count). The van der Waals surface area contributed by atoms with E-state index >= 15 is 0 Å². The predicted molar refractivity (Wildman–Crippen MR) is 48.6 cm³/mol. The van der Waals surface area contributed by atoms with Crippen molar-refractivity contribution >= 4 is 5.69 Å². The van der Waals surface area contributed by atoms with Crippen LogP contribution in [0.5, 0.6) is 0 Å². The highest BCUT2D eigenvalue weighted by Crippen LogP contribution is 2.12. The molecule has 0 amide bonds. The molecule has 4 heteroatoms. The zero-order valence-electron chi connectivity index (χ0n) is 6.88. The number of aliphatic hydroxyl groups excluding tert-OH is 1. The standard InChI is InChI=1S/C9H9NO3/c11-7-1-2-8-3-5-9(6-4-8)10(12)13/h1,3-7,11H,2H2/b7-1+. The third-order valence-electron chi connectivity index (χ3n) is 1.61. The molecule has 0 unspecified atom stereocenters. The first-order valence-corrected chi connectivity index (χ1v) is 3.76. The van der Waals surface area contributed by atoms with E-state index in [0.29, 0.717) is 6.42 Å². The van der Waals surface area contributed by atoms with Gasteiger partial charge in [-0.2, -0.15) is 0 Å². The number of non-ortho nitro benzene ring substituents is 1. The van der Waals surface area contributed by atoms with E-state index in [4.69, 9.17) is 5.11 Å².